The van der Waals surface area contributed by atoms with Crippen LogP contribution in [0.4, 0.5) is 61.5 Å². The van der Waals surface area contributed by atoms with Crippen LogP contribution in [0.2, 0.25) is 0 Å². The quantitative estimate of drug-likeness (QED) is 0.0191. The van der Waals surface area contributed by atoms with Crippen LogP contribution in [0.25, 0.3) is 43.6 Å². The number of carbonyl (C=O) groups is 1. The second-order valence-electron chi connectivity index (χ2n) is 31.3. The maximum absolute atomic E-state index is 15.2. The molecule has 15 nitrogen and oxygen atoms in total. The van der Waals surface area contributed by atoms with Crippen molar-refractivity contribution in [3.63, 3.8) is 0 Å². The third-order valence-electron chi connectivity index (χ3n) is 20.8. The van der Waals surface area contributed by atoms with Gasteiger partial charge in [0.05, 0.1) is 61.5 Å². The van der Waals surface area contributed by atoms with E-state index in [1.165, 1.54) is 69.6 Å². The lowest BCUT2D eigenvalue weighted by Gasteiger charge is -2.42. The molecule has 34 heteroatoms. The lowest BCUT2D eigenvalue weighted by Crippen LogP contribution is -2.47. The van der Waals surface area contributed by atoms with E-state index < -0.39 is 110 Å². The molecule has 0 spiro atoms. The fourth-order valence-electron chi connectivity index (χ4n) is 15.1. The molecule has 16 rings (SSSR count). The van der Waals surface area contributed by atoms with E-state index in [0.717, 1.165) is 119 Å². The van der Waals surface area contributed by atoms with E-state index in [9.17, 15) is 65.9 Å². The number of alkyl halides is 6. The van der Waals surface area contributed by atoms with Gasteiger partial charge >= 0.3 is 0 Å². The molecule has 3 aliphatic rings. The molecule has 3 aliphatic heterocycles. The van der Waals surface area contributed by atoms with Gasteiger partial charge in [-0.2, -0.15) is 0 Å². The Morgan fingerprint density at radius 3 is 1.26 bits per heavy atom. The summed E-state index contributed by atoms with van der Waals surface area (Å²) in [4.78, 5) is 26.2. The lowest BCUT2D eigenvalue weighted by atomic mass is 9.87. The van der Waals surface area contributed by atoms with E-state index in [1.54, 1.807) is 41.6 Å². The van der Waals surface area contributed by atoms with Crippen molar-refractivity contribution in [3.05, 3.63) is 300 Å². The summed E-state index contributed by atoms with van der Waals surface area (Å²) >= 11 is 5.53. The van der Waals surface area contributed by atoms with Crippen molar-refractivity contribution in [3.8, 4) is 5.75 Å². The van der Waals surface area contributed by atoms with Gasteiger partial charge in [-0.1, -0.05) is 97.4 Å². The first-order valence-electron chi connectivity index (χ1n) is 40.1. The summed E-state index contributed by atoms with van der Waals surface area (Å²) in [7, 11) is 1.54. The zero-order valence-corrected chi connectivity index (χ0v) is 78.3. The van der Waals surface area contributed by atoms with Gasteiger partial charge in [0.1, 0.15) is 58.9 Å². The van der Waals surface area contributed by atoms with Gasteiger partial charge in [-0.15, -0.1) is 0 Å². The third-order valence-corrected chi connectivity index (χ3v) is 24.0. The molecule has 0 saturated carbocycles. The standard InChI is InChI=1S/C23H24F4N2O2.C21H19F4IN2.C18H15F2IN2.C11H14N2.C7H7ClO2S.C7H3F2IO.C4H8F2.C2H6O2/c1-13-9-16-15-5-3-4-6-19(15)28-21(16)22(29(13)12-23(2,26)27)20-17(24)10-14(11-18(20)25)31-8-7-30;1-11-7-14-13-5-3-4-6-17(13)27-19(14)20(28(11)10-21(2,24)25)18-15(22)8-12(26)9-16(18)23;1-9-6-12-11-4-2-3-5-15(11)23-17(12)18(22-9)16-13(19)7-10(21)8-14(16)20;1-8(12)6-9-7-13-11-5-3-2-4-10(9)11;1-6-2-4-7(5-3-6)11(8,9)10;8-6-1-4(10)2-7(9)5(6)3-11;1-3-4(2,5)6;3-1-2-4/h3-6,10-11,13,22,28,30H,7-9,12H2,1-2H3;3-6,8-9,11,20,27H,7,10H2,1-2H3;2-5,7-9,18,22-23H,6H2,1H3;2-5,7-8,13H,6,12H2,1H3;2-5H,1H3;1-3H;3H2,1-2H3;3-4H,1-2H2/t13-,22-;11-,20-;9-,18-;8-;;;;/m1111..../s1. The first-order chi connectivity index (χ1) is 59.8. The summed E-state index contributed by atoms with van der Waals surface area (Å²) in [6.07, 6.45) is 4.93. The molecule has 10 N–H and O–H groups in total. The molecule has 682 valence electrons. The Labute approximate surface area is 771 Å². The molecule has 0 radical (unpaired) electrons. The summed E-state index contributed by atoms with van der Waals surface area (Å²) < 4.78 is 221. The van der Waals surface area contributed by atoms with Gasteiger partial charge in [-0.25, -0.2) is 69.9 Å². The number of aliphatic hydroxyl groups is 3. The van der Waals surface area contributed by atoms with Gasteiger partial charge in [0.25, 0.3) is 20.9 Å². The molecular formula is C93H96ClF14I3N8O7S. The summed E-state index contributed by atoms with van der Waals surface area (Å²) in [5.74, 6) is -14.4. The normalized spacial score (nSPS) is 17.1. The van der Waals surface area contributed by atoms with Crippen LogP contribution < -0.4 is 15.8 Å². The number of aliphatic hydroxyl groups excluding tert-OH is 3. The zero-order valence-electron chi connectivity index (χ0n) is 70.3. The molecule has 127 heavy (non-hydrogen) atoms. The van der Waals surface area contributed by atoms with E-state index in [0.29, 0.717) is 34.9 Å². The van der Waals surface area contributed by atoms with Crippen molar-refractivity contribution < 1.29 is 94.7 Å². The Hall–Kier alpha value is -8.22. The van der Waals surface area contributed by atoms with Crippen LogP contribution in [0.15, 0.2) is 181 Å². The number of rotatable bonds is 16. The van der Waals surface area contributed by atoms with Crippen LogP contribution in [0.1, 0.15) is 152 Å². The number of nitrogens with two attached hydrogens (primary N) is 1. The minimum absolute atomic E-state index is 0.0625. The first kappa shape index (κ1) is 103. The highest BCUT2D eigenvalue weighted by molar-refractivity contribution is 14.1. The van der Waals surface area contributed by atoms with E-state index in [2.05, 4.69) is 49.5 Å². The molecule has 4 aromatic heterocycles. The van der Waals surface area contributed by atoms with Gasteiger partial charge in [0, 0.05) is 162 Å². The van der Waals surface area contributed by atoms with Crippen LogP contribution in [-0.4, -0.2) is 141 Å². The Morgan fingerprint density at radius 2 is 0.890 bits per heavy atom. The fraction of sp³-hybridized carbons (Fsp3) is 0.323. The van der Waals surface area contributed by atoms with E-state index in [1.807, 2.05) is 152 Å². The number of carbonyl (C=O) groups excluding carboxylic acids is 1. The SMILES string of the molecule is CCC(C)(F)F.C[C@@H](N)Cc1c[nH]c2ccccc12.C[C@@H]1Cc2c([nH]c3ccccc23)[C@@H](c2c(F)cc(I)cc2F)N1.C[C@@H]1Cc2c([nH]c3ccccc23)[C@@H](c2c(F)cc(I)cc2F)N1CC(C)(F)F.C[C@@H]1Cc2c([nH]c3ccccc23)[C@@H](c2c(F)cc(OCCO)cc2F)N1CC(C)(F)F.Cc1ccc(S(=O)(=O)Cl)cc1.O=Cc1c(F)cc(I)cc1F.OCCO. The number of fused-ring (bicyclic) bond motifs is 10. The van der Waals surface area contributed by atoms with Crippen molar-refractivity contribution >= 4 is 137 Å². The second-order valence-corrected chi connectivity index (χ2v) is 37.6. The topological polar surface area (TPSA) is 229 Å². The highest BCUT2D eigenvalue weighted by Crippen LogP contribution is 2.47. The predicted molar refractivity (Wildman–Crippen MR) is 494 cm³/mol. The van der Waals surface area contributed by atoms with Crippen LogP contribution in [0.3, 0.4) is 0 Å². The van der Waals surface area contributed by atoms with E-state index >= 15 is 8.78 Å². The van der Waals surface area contributed by atoms with Gasteiger partial charge in [-0.05, 0) is 230 Å². The van der Waals surface area contributed by atoms with Crippen LogP contribution in [-0.2, 0) is 34.7 Å². The Bertz CT molecular complexity index is 5930. The third kappa shape index (κ3) is 27.2. The molecule has 0 saturated heterocycles. The minimum Gasteiger partial charge on any atom is -0.491 e. The smallest absolute Gasteiger partial charge is 0.261 e. The molecule has 0 unspecified atom stereocenters. The Balaban J connectivity index is 0.000000175. The molecule has 7 heterocycles. The number of aromatic nitrogens is 4. The van der Waals surface area contributed by atoms with E-state index in [-0.39, 0.29) is 90.6 Å². The highest BCUT2D eigenvalue weighted by atomic mass is 127. The predicted octanol–water partition coefficient (Wildman–Crippen LogP) is 22.9. The van der Waals surface area contributed by atoms with Gasteiger partial charge in [0.15, 0.2) is 6.29 Å². The highest BCUT2D eigenvalue weighted by Gasteiger charge is 2.45. The fourth-order valence-corrected chi connectivity index (χ4v) is 17.6. The molecule has 0 fully saturated rings. The summed E-state index contributed by atoms with van der Waals surface area (Å²) in [5, 5.41) is 31.8. The molecule has 0 amide bonds. The van der Waals surface area contributed by atoms with Crippen molar-refractivity contribution in [2.45, 2.75) is 159 Å². The van der Waals surface area contributed by atoms with Crippen LogP contribution >= 0.6 is 78.5 Å². The lowest BCUT2D eigenvalue weighted by molar-refractivity contribution is -0.0378. The number of H-pyrrole nitrogens is 4. The van der Waals surface area contributed by atoms with Gasteiger partial charge in [0.2, 0.25) is 5.92 Å². The average Bonchev–Trinajstić information content (AvgIpc) is 1.62. The van der Waals surface area contributed by atoms with Crippen LogP contribution in [0, 0.1) is 64.2 Å². The zero-order chi connectivity index (χ0) is 93.5. The first-order valence-corrected chi connectivity index (χ1v) is 45.7. The summed E-state index contributed by atoms with van der Waals surface area (Å²) in [5.41, 5.74) is 15.9. The number of hydrogen-bond acceptors (Lipinski definition) is 11. The van der Waals surface area contributed by atoms with Crippen molar-refractivity contribution in [2.75, 3.05) is 39.5 Å². The minimum atomic E-state index is -3.55. The molecule has 0 aliphatic carbocycles. The summed E-state index contributed by atoms with van der Waals surface area (Å²) in [6, 6.07) is 44.4. The maximum Gasteiger partial charge on any atom is 0.261 e. The molecular weight excluding hydrogens is 2060 g/mol. The Morgan fingerprint density at radius 1 is 0.528 bits per heavy atom. The number of benzene rings is 9. The van der Waals surface area contributed by atoms with Gasteiger partial charge in [-0.3, -0.25) is 14.6 Å². The van der Waals surface area contributed by atoms with Crippen molar-refractivity contribution in [1.29, 1.82) is 0 Å². The largest absolute Gasteiger partial charge is 0.491 e. The number of ether oxygens (including phenoxy) is 1. The van der Waals surface area contributed by atoms with E-state index in [4.69, 9.17) is 36.5 Å². The van der Waals surface area contributed by atoms with Crippen molar-refractivity contribution in [1.82, 2.24) is 35.1 Å². The summed E-state index contributed by atoms with van der Waals surface area (Å²) in [6.45, 7) is 11.7. The molecule has 13 aromatic rings. The average molecular weight is 2150 g/mol. The number of aldehydes is 1. The van der Waals surface area contributed by atoms with Crippen molar-refractivity contribution in [2.24, 2.45) is 5.73 Å². The van der Waals surface area contributed by atoms with Gasteiger partial charge < -0.3 is 51.0 Å². The second kappa shape index (κ2) is 45.1. The number of halogens is 18. The number of nitrogens with one attached hydrogen (secondary N) is 5. The Kier molecular flexibility index (Phi) is 36.4. The molecule has 7 atom stereocenters. The van der Waals surface area contributed by atoms with Crippen LogP contribution in [0.5, 0.6) is 5.75 Å². The number of para-hydroxylation sites is 4. The number of aryl methyl sites for hydroxylation is 1. The maximum atomic E-state index is 15.2. The monoisotopic (exact) mass is 2150 g/mol. The number of nitrogens with zero attached hydrogens (tertiary/aromatic N) is 2. The molecule has 0 bridgehead atoms. The number of aromatic amines is 4. The molecule has 9 aromatic carbocycles. The number of hydrogen-bond donors (Lipinski definition) is 9.